The average molecular weight is 382 g/mol. The van der Waals surface area contributed by atoms with Gasteiger partial charge in [0.1, 0.15) is 5.56 Å². The van der Waals surface area contributed by atoms with E-state index in [1.807, 2.05) is 37.2 Å². The third-order valence-electron chi connectivity index (χ3n) is 4.94. The van der Waals surface area contributed by atoms with Crippen LogP contribution < -0.4 is 16.1 Å². The number of nitrogens with zero attached hydrogens (tertiary/aromatic N) is 3. The number of aliphatic imine (C=N–C) groups is 1. The highest BCUT2D eigenvalue weighted by Crippen LogP contribution is 2.22. The summed E-state index contributed by atoms with van der Waals surface area (Å²) < 4.78 is 1.20. The van der Waals surface area contributed by atoms with E-state index in [2.05, 4.69) is 16.1 Å². The maximum Gasteiger partial charge on any atom is 0.331 e. The first kappa shape index (κ1) is 19.7. The number of aromatic hydroxyl groups is 1. The molecular weight excluding hydrogens is 356 g/mol. The van der Waals surface area contributed by atoms with Crippen molar-refractivity contribution in [1.82, 2.24) is 9.55 Å². The fourth-order valence-corrected chi connectivity index (χ4v) is 3.28. The fourth-order valence-electron chi connectivity index (χ4n) is 3.28. The van der Waals surface area contributed by atoms with Crippen LogP contribution in [0.15, 0.2) is 50.5 Å². The van der Waals surface area contributed by atoms with Gasteiger partial charge in [-0.05, 0) is 50.3 Å². The molecular formula is C21H26N4O3. The highest BCUT2D eigenvalue weighted by molar-refractivity contribution is 5.84. The summed E-state index contributed by atoms with van der Waals surface area (Å²) in [7, 11) is 3.86. The third kappa shape index (κ3) is 4.60. The minimum atomic E-state index is -0.650. The molecule has 0 fully saturated rings. The molecule has 2 N–H and O–H groups in total. The Kier molecular flexibility index (Phi) is 6.13. The lowest BCUT2D eigenvalue weighted by Crippen LogP contribution is -2.32. The predicted molar refractivity (Wildman–Crippen MR) is 112 cm³/mol. The second-order valence-corrected chi connectivity index (χ2v) is 7.18. The van der Waals surface area contributed by atoms with Crippen LogP contribution in [0.2, 0.25) is 0 Å². The molecule has 1 aromatic carbocycles. The minimum Gasteiger partial charge on any atom is -0.494 e. The van der Waals surface area contributed by atoms with Crippen molar-refractivity contribution < 1.29 is 5.11 Å². The molecule has 1 heterocycles. The van der Waals surface area contributed by atoms with Crippen molar-refractivity contribution in [3.63, 3.8) is 0 Å². The first-order valence-electron chi connectivity index (χ1n) is 9.51. The number of rotatable bonds is 6. The van der Waals surface area contributed by atoms with Crippen LogP contribution in [0.5, 0.6) is 5.88 Å². The molecule has 3 rings (SSSR count). The lowest BCUT2D eigenvalue weighted by Gasteiger charge is -2.14. The Labute approximate surface area is 163 Å². The maximum atomic E-state index is 12.2. The van der Waals surface area contributed by atoms with Crippen LogP contribution in [0.3, 0.4) is 0 Å². The molecule has 1 aliphatic rings. The number of hydrogen-bond acceptors (Lipinski definition) is 5. The number of benzene rings is 1. The van der Waals surface area contributed by atoms with E-state index in [0.717, 1.165) is 24.9 Å². The summed E-state index contributed by atoms with van der Waals surface area (Å²) in [5, 5.41) is 10.5. The molecule has 0 atom stereocenters. The largest absolute Gasteiger partial charge is 0.494 e. The Bertz CT molecular complexity index is 1020. The molecule has 0 amide bonds. The Morgan fingerprint density at radius 1 is 1.29 bits per heavy atom. The standard InChI is InChI=1S/C21H26N4O3/c1-24(2)17-10-6-9-16(13-17)22-14-18-19(26)23-21(28)25(20(18)27)12-11-15-7-4-3-5-8-15/h6-7,9-10,13-14,27H,3-5,8,11-12H2,1-2H3,(H,23,26,28). The zero-order valence-corrected chi connectivity index (χ0v) is 16.3. The van der Waals surface area contributed by atoms with Crippen molar-refractivity contribution in [3.05, 3.63) is 62.3 Å². The van der Waals surface area contributed by atoms with Crippen LogP contribution in [0, 0.1) is 0 Å². The summed E-state index contributed by atoms with van der Waals surface area (Å²) in [5.74, 6) is -0.349. The van der Waals surface area contributed by atoms with E-state index in [9.17, 15) is 14.7 Å². The monoisotopic (exact) mass is 382 g/mol. The van der Waals surface area contributed by atoms with E-state index in [1.54, 1.807) is 6.07 Å². The van der Waals surface area contributed by atoms with E-state index in [0.29, 0.717) is 18.7 Å². The number of aromatic amines is 1. The summed E-state index contributed by atoms with van der Waals surface area (Å²) in [6.07, 6.45) is 8.63. The summed E-state index contributed by atoms with van der Waals surface area (Å²) in [4.78, 5) is 32.9. The summed E-state index contributed by atoms with van der Waals surface area (Å²) in [6, 6.07) is 7.49. The number of anilines is 1. The van der Waals surface area contributed by atoms with Crippen LogP contribution in [-0.4, -0.2) is 35.0 Å². The average Bonchev–Trinajstić information content (AvgIpc) is 2.68. The van der Waals surface area contributed by atoms with Crippen molar-refractivity contribution in [3.8, 4) is 5.88 Å². The molecule has 0 aliphatic heterocycles. The van der Waals surface area contributed by atoms with E-state index in [4.69, 9.17) is 0 Å². The molecule has 0 radical (unpaired) electrons. The van der Waals surface area contributed by atoms with Crippen LogP contribution in [0.1, 0.15) is 37.7 Å². The Morgan fingerprint density at radius 2 is 2.11 bits per heavy atom. The molecule has 0 bridgehead atoms. The lowest BCUT2D eigenvalue weighted by molar-refractivity contribution is 0.398. The van der Waals surface area contributed by atoms with Gasteiger partial charge >= 0.3 is 5.69 Å². The maximum absolute atomic E-state index is 12.2. The van der Waals surface area contributed by atoms with E-state index >= 15 is 0 Å². The molecule has 0 saturated carbocycles. The van der Waals surface area contributed by atoms with Crippen LogP contribution >= 0.6 is 0 Å². The smallest absolute Gasteiger partial charge is 0.331 e. The fraction of sp³-hybridized carbons (Fsp3) is 0.381. The van der Waals surface area contributed by atoms with Crippen molar-refractivity contribution in [2.45, 2.75) is 38.6 Å². The zero-order chi connectivity index (χ0) is 20.1. The van der Waals surface area contributed by atoms with Crippen LogP contribution in [0.4, 0.5) is 11.4 Å². The van der Waals surface area contributed by atoms with Crippen molar-refractivity contribution in [1.29, 1.82) is 0 Å². The Hall–Kier alpha value is -3.09. The SMILES string of the molecule is CN(C)c1cccc(N=Cc2c(O)n(CCC3=CCCCC3)c(=O)[nH]c2=O)c1. The Morgan fingerprint density at radius 3 is 2.82 bits per heavy atom. The van der Waals surface area contributed by atoms with Gasteiger partial charge < -0.3 is 10.0 Å². The highest BCUT2D eigenvalue weighted by Gasteiger charge is 2.13. The van der Waals surface area contributed by atoms with Gasteiger partial charge in [-0.3, -0.25) is 19.3 Å². The summed E-state index contributed by atoms with van der Waals surface area (Å²) in [5.41, 5.74) is 1.63. The van der Waals surface area contributed by atoms with Crippen molar-refractivity contribution in [2.75, 3.05) is 19.0 Å². The molecule has 7 nitrogen and oxygen atoms in total. The van der Waals surface area contributed by atoms with E-state index < -0.39 is 11.2 Å². The Balaban J connectivity index is 1.87. The molecule has 1 aromatic heterocycles. The van der Waals surface area contributed by atoms with Gasteiger partial charge in [0.05, 0.1) is 5.69 Å². The first-order valence-corrected chi connectivity index (χ1v) is 9.51. The molecule has 0 saturated heterocycles. The predicted octanol–water partition coefficient (Wildman–Crippen LogP) is 2.95. The normalized spacial score (nSPS) is 14.3. The van der Waals surface area contributed by atoms with Gasteiger partial charge in [0.15, 0.2) is 0 Å². The number of nitrogens with one attached hydrogen (secondary N) is 1. The van der Waals surface area contributed by atoms with Gasteiger partial charge in [-0.15, -0.1) is 0 Å². The topological polar surface area (TPSA) is 90.7 Å². The van der Waals surface area contributed by atoms with Crippen LogP contribution in [0.25, 0.3) is 0 Å². The van der Waals surface area contributed by atoms with Gasteiger partial charge in [0.2, 0.25) is 5.88 Å². The minimum absolute atomic E-state index is 0.0209. The number of allylic oxidation sites excluding steroid dienone is 2. The van der Waals surface area contributed by atoms with Gasteiger partial charge in [-0.2, -0.15) is 0 Å². The number of hydrogen-bond donors (Lipinski definition) is 2. The number of aromatic nitrogens is 2. The molecule has 148 valence electrons. The van der Waals surface area contributed by atoms with Crippen molar-refractivity contribution >= 4 is 17.6 Å². The van der Waals surface area contributed by atoms with E-state index in [1.165, 1.54) is 22.8 Å². The lowest BCUT2D eigenvalue weighted by atomic mass is 9.97. The van der Waals surface area contributed by atoms with E-state index in [-0.39, 0.29) is 11.4 Å². The van der Waals surface area contributed by atoms with Gasteiger partial charge in [-0.25, -0.2) is 4.79 Å². The third-order valence-corrected chi connectivity index (χ3v) is 4.94. The second-order valence-electron chi connectivity index (χ2n) is 7.18. The van der Waals surface area contributed by atoms with Gasteiger partial charge in [0, 0.05) is 32.5 Å². The molecule has 0 unspecified atom stereocenters. The highest BCUT2D eigenvalue weighted by atomic mass is 16.3. The first-order chi connectivity index (χ1) is 13.5. The molecule has 1 aliphatic carbocycles. The summed E-state index contributed by atoms with van der Waals surface area (Å²) in [6.45, 7) is 0.324. The molecule has 0 spiro atoms. The summed E-state index contributed by atoms with van der Waals surface area (Å²) >= 11 is 0. The van der Waals surface area contributed by atoms with Gasteiger partial charge in [-0.1, -0.05) is 17.7 Å². The van der Waals surface area contributed by atoms with Gasteiger partial charge in [0.25, 0.3) is 5.56 Å². The quantitative estimate of drug-likeness (QED) is 0.594. The molecule has 2 aromatic rings. The molecule has 7 heteroatoms. The molecule has 28 heavy (non-hydrogen) atoms. The second kappa shape index (κ2) is 8.73. The zero-order valence-electron chi connectivity index (χ0n) is 16.3. The van der Waals surface area contributed by atoms with Crippen molar-refractivity contribution in [2.24, 2.45) is 4.99 Å². The van der Waals surface area contributed by atoms with Crippen LogP contribution in [-0.2, 0) is 6.54 Å². The number of H-pyrrole nitrogens is 1.